The lowest BCUT2D eigenvalue weighted by molar-refractivity contribution is -0.151. The van der Waals surface area contributed by atoms with E-state index in [-0.39, 0.29) is 32.0 Å². The summed E-state index contributed by atoms with van der Waals surface area (Å²) < 4.78 is 21.7. The van der Waals surface area contributed by atoms with Crippen LogP contribution in [0.25, 0.3) is 0 Å². The number of benzene rings is 2. The maximum absolute atomic E-state index is 13.2. The van der Waals surface area contributed by atoms with E-state index >= 15 is 0 Å². The first-order chi connectivity index (χ1) is 18.9. The Labute approximate surface area is 234 Å². The molecule has 0 aliphatic heterocycles. The monoisotopic (exact) mass is 558 g/mol. The van der Waals surface area contributed by atoms with Crippen molar-refractivity contribution >= 4 is 29.4 Å². The van der Waals surface area contributed by atoms with Gasteiger partial charge in [-0.1, -0.05) is 54.1 Å². The highest BCUT2D eigenvalue weighted by atomic mass is 35.5. The minimum absolute atomic E-state index is 0.0239. The van der Waals surface area contributed by atoms with E-state index in [2.05, 4.69) is 23.8 Å². The van der Waals surface area contributed by atoms with Gasteiger partial charge in [0.2, 0.25) is 5.91 Å². The Hall–Kier alpha value is -3.66. The smallest absolute Gasteiger partial charge is 0.331 e. The lowest BCUT2D eigenvalue weighted by atomic mass is 10.1. The molecule has 9 nitrogen and oxygen atoms in total. The van der Waals surface area contributed by atoms with Crippen LogP contribution in [0.3, 0.4) is 0 Å². The van der Waals surface area contributed by atoms with Gasteiger partial charge in [0, 0.05) is 12.1 Å². The average Bonchev–Trinajstić information content (AvgIpc) is 2.94. The van der Waals surface area contributed by atoms with Crippen molar-refractivity contribution in [2.45, 2.75) is 31.5 Å². The number of methoxy groups -OCH3 is 1. The highest BCUT2D eigenvalue weighted by Crippen LogP contribution is 2.23. The Morgan fingerprint density at radius 2 is 1.77 bits per heavy atom. The number of halogens is 1. The van der Waals surface area contributed by atoms with Gasteiger partial charge in [-0.15, -0.1) is 13.2 Å². The SMILES string of the molecule is C=CCCCOc1ccc(Cl)cc1C(=O)N[C@@H](COC)C(=O)N[C@@H](COCC=C)C(=O)OCc1ccccc1. The van der Waals surface area contributed by atoms with E-state index in [1.165, 1.54) is 19.3 Å². The van der Waals surface area contributed by atoms with Crippen LogP contribution in [0.4, 0.5) is 0 Å². The number of rotatable bonds is 18. The van der Waals surface area contributed by atoms with E-state index in [1.807, 2.05) is 30.3 Å². The number of carbonyl (C=O) groups is 3. The zero-order chi connectivity index (χ0) is 28.5. The average molecular weight is 559 g/mol. The van der Waals surface area contributed by atoms with Crippen LogP contribution < -0.4 is 15.4 Å². The summed E-state index contributed by atoms with van der Waals surface area (Å²) in [7, 11) is 1.39. The fourth-order valence-corrected chi connectivity index (χ4v) is 3.51. The summed E-state index contributed by atoms with van der Waals surface area (Å²) in [4.78, 5) is 39.1. The van der Waals surface area contributed by atoms with Crippen LogP contribution in [-0.4, -0.2) is 63.4 Å². The van der Waals surface area contributed by atoms with E-state index in [9.17, 15) is 14.4 Å². The maximum Gasteiger partial charge on any atom is 0.331 e. The second kappa shape index (κ2) is 17.8. The molecule has 0 aliphatic carbocycles. The van der Waals surface area contributed by atoms with Crippen molar-refractivity contribution in [2.75, 3.05) is 33.5 Å². The third-order valence-electron chi connectivity index (χ3n) is 5.30. The zero-order valence-electron chi connectivity index (χ0n) is 22.0. The van der Waals surface area contributed by atoms with Crippen LogP contribution in [0.5, 0.6) is 5.75 Å². The fraction of sp³-hybridized carbons (Fsp3) is 0.345. The van der Waals surface area contributed by atoms with Crippen molar-refractivity contribution in [1.82, 2.24) is 10.6 Å². The van der Waals surface area contributed by atoms with Crippen molar-refractivity contribution in [3.05, 3.63) is 90.0 Å². The first-order valence-corrected chi connectivity index (χ1v) is 12.8. The normalized spacial score (nSPS) is 12.1. The summed E-state index contributed by atoms with van der Waals surface area (Å²) >= 11 is 6.12. The van der Waals surface area contributed by atoms with Crippen molar-refractivity contribution in [2.24, 2.45) is 0 Å². The molecule has 0 bridgehead atoms. The van der Waals surface area contributed by atoms with Crippen molar-refractivity contribution < 1.29 is 33.3 Å². The van der Waals surface area contributed by atoms with E-state index in [1.54, 1.807) is 18.2 Å². The van der Waals surface area contributed by atoms with Gasteiger partial charge in [-0.2, -0.15) is 0 Å². The van der Waals surface area contributed by atoms with Crippen LogP contribution in [0.1, 0.15) is 28.8 Å². The van der Waals surface area contributed by atoms with Gasteiger partial charge in [-0.05, 0) is 36.6 Å². The number of amides is 2. The summed E-state index contributed by atoms with van der Waals surface area (Å²) in [5.74, 6) is -1.63. The van der Waals surface area contributed by atoms with Gasteiger partial charge in [0.15, 0.2) is 6.04 Å². The fourth-order valence-electron chi connectivity index (χ4n) is 3.34. The van der Waals surface area contributed by atoms with Crippen molar-refractivity contribution in [3.63, 3.8) is 0 Å². The molecular formula is C29H35ClN2O7. The van der Waals surface area contributed by atoms with E-state index in [0.717, 1.165) is 18.4 Å². The van der Waals surface area contributed by atoms with Crippen LogP contribution in [-0.2, 0) is 30.4 Å². The van der Waals surface area contributed by atoms with Gasteiger partial charge in [0.05, 0.1) is 32.0 Å². The Morgan fingerprint density at radius 3 is 2.46 bits per heavy atom. The maximum atomic E-state index is 13.2. The predicted octanol–water partition coefficient (Wildman–Crippen LogP) is 3.86. The number of hydrogen-bond acceptors (Lipinski definition) is 7. The Kier molecular flexibility index (Phi) is 14.4. The van der Waals surface area contributed by atoms with Gasteiger partial charge < -0.3 is 29.6 Å². The molecule has 0 spiro atoms. The highest BCUT2D eigenvalue weighted by Gasteiger charge is 2.29. The molecule has 2 aromatic carbocycles. The second-order valence-electron chi connectivity index (χ2n) is 8.38. The van der Waals surface area contributed by atoms with Crippen LogP contribution in [0, 0.1) is 0 Å². The lowest BCUT2D eigenvalue weighted by Crippen LogP contribution is -2.54. The molecule has 2 rings (SSSR count). The molecule has 2 aromatic rings. The van der Waals surface area contributed by atoms with Gasteiger partial charge in [-0.3, -0.25) is 9.59 Å². The number of hydrogen-bond donors (Lipinski definition) is 2. The summed E-state index contributed by atoms with van der Waals surface area (Å²) in [5, 5.41) is 5.55. The second-order valence-corrected chi connectivity index (χ2v) is 8.82. The first-order valence-electron chi connectivity index (χ1n) is 12.4. The number of esters is 1. The molecule has 10 heteroatoms. The predicted molar refractivity (Wildman–Crippen MR) is 149 cm³/mol. The minimum atomic E-state index is -1.14. The van der Waals surface area contributed by atoms with Crippen LogP contribution >= 0.6 is 11.6 Å². The van der Waals surface area contributed by atoms with Crippen molar-refractivity contribution in [1.29, 1.82) is 0 Å². The molecule has 0 radical (unpaired) electrons. The summed E-state index contributed by atoms with van der Waals surface area (Å²) in [6.45, 7) is 7.50. The molecule has 0 saturated heterocycles. The molecule has 0 fully saturated rings. The third-order valence-corrected chi connectivity index (χ3v) is 5.53. The van der Waals surface area contributed by atoms with E-state index in [0.29, 0.717) is 17.4 Å². The molecule has 0 saturated carbocycles. The van der Waals surface area contributed by atoms with Crippen molar-refractivity contribution in [3.8, 4) is 5.75 Å². The summed E-state index contributed by atoms with van der Waals surface area (Å²) in [5.41, 5.74) is 0.944. The molecule has 0 aliphatic rings. The lowest BCUT2D eigenvalue weighted by Gasteiger charge is -2.22. The minimum Gasteiger partial charge on any atom is -0.493 e. The Bertz CT molecular complexity index is 1090. The summed E-state index contributed by atoms with van der Waals surface area (Å²) in [6.07, 6.45) is 4.78. The molecule has 2 amide bonds. The number of carbonyl (C=O) groups excluding carboxylic acids is 3. The molecule has 39 heavy (non-hydrogen) atoms. The molecule has 2 N–H and O–H groups in total. The standard InChI is InChI=1S/C29H35ClN2O7/c1-4-6-10-16-38-26-14-13-22(30)17-23(26)27(33)31-24(19-36-3)28(34)32-25(20-37-15-5-2)29(35)39-18-21-11-8-7-9-12-21/h4-5,7-9,11-14,17,24-25H,1-2,6,10,15-16,18-20H2,3H3,(H,31,33)(H,32,34)/t24-,25-/m0/s1. The Morgan fingerprint density at radius 1 is 1.00 bits per heavy atom. The number of unbranched alkanes of at least 4 members (excludes halogenated alkanes) is 1. The molecular weight excluding hydrogens is 524 g/mol. The van der Waals surface area contributed by atoms with E-state index < -0.39 is 29.9 Å². The first kappa shape index (κ1) is 31.6. The van der Waals surface area contributed by atoms with Gasteiger partial charge >= 0.3 is 5.97 Å². The molecule has 0 aromatic heterocycles. The highest BCUT2D eigenvalue weighted by molar-refractivity contribution is 6.31. The van der Waals surface area contributed by atoms with Gasteiger partial charge in [0.1, 0.15) is 18.4 Å². The topological polar surface area (TPSA) is 112 Å². The summed E-state index contributed by atoms with van der Waals surface area (Å²) in [6, 6.07) is 11.5. The Balaban J connectivity index is 2.11. The molecule has 0 unspecified atom stereocenters. The van der Waals surface area contributed by atoms with Crippen LogP contribution in [0.2, 0.25) is 5.02 Å². The third kappa shape index (κ3) is 11.3. The molecule has 0 heterocycles. The number of nitrogens with one attached hydrogen (secondary N) is 2. The van der Waals surface area contributed by atoms with Gasteiger partial charge in [-0.25, -0.2) is 4.79 Å². The quantitative estimate of drug-likeness (QED) is 0.162. The van der Waals surface area contributed by atoms with Gasteiger partial charge in [0.25, 0.3) is 5.91 Å². The van der Waals surface area contributed by atoms with E-state index in [4.69, 9.17) is 30.5 Å². The molecule has 210 valence electrons. The number of ether oxygens (including phenoxy) is 4. The number of allylic oxidation sites excluding steroid dienone is 1. The molecule has 2 atom stereocenters. The largest absolute Gasteiger partial charge is 0.493 e. The zero-order valence-corrected chi connectivity index (χ0v) is 22.8. The van der Waals surface area contributed by atoms with Crippen LogP contribution in [0.15, 0.2) is 73.8 Å².